The number of fused-ring (bicyclic) bond motifs is 1. The molecule has 1 aliphatic heterocycles. The Labute approximate surface area is 209 Å². The van der Waals surface area contributed by atoms with Gasteiger partial charge in [0, 0.05) is 47.9 Å². The van der Waals surface area contributed by atoms with Crippen LogP contribution >= 0.6 is 15.9 Å². The highest BCUT2D eigenvalue weighted by Crippen LogP contribution is 2.39. The van der Waals surface area contributed by atoms with Gasteiger partial charge in [-0.1, -0.05) is 22.0 Å². The number of hydrogen-bond acceptors (Lipinski definition) is 9. The Morgan fingerprint density at radius 2 is 1.71 bits per heavy atom. The number of anilines is 2. The third-order valence-electron chi connectivity index (χ3n) is 5.85. The molecule has 11 heteroatoms. The summed E-state index contributed by atoms with van der Waals surface area (Å²) in [6, 6.07) is 15.1. The number of aromatic nitrogens is 3. The molecule has 4 aromatic rings. The van der Waals surface area contributed by atoms with E-state index < -0.39 is 4.92 Å². The Hall–Kier alpha value is -3.99. The lowest BCUT2D eigenvalue weighted by molar-refractivity contribution is -0.385. The molecule has 5 rings (SSSR count). The maximum atomic E-state index is 12.1. The van der Waals surface area contributed by atoms with Crippen LogP contribution in [0, 0.1) is 10.1 Å². The lowest BCUT2D eigenvalue weighted by atomic mass is 10.2. The first kappa shape index (κ1) is 22.8. The van der Waals surface area contributed by atoms with Crippen molar-refractivity contribution in [3.8, 4) is 17.4 Å². The average Bonchev–Trinajstić information content (AvgIpc) is 2.90. The molecular formula is C24H21BrN6O4. The third kappa shape index (κ3) is 4.54. The molecular weight excluding hydrogens is 516 g/mol. The van der Waals surface area contributed by atoms with Gasteiger partial charge in [-0.25, -0.2) is 4.98 Å². The largest absolute Gasteiger partial charge is 0.497 e. The number of methoxy groups -OCH3 is 1. The Kier molecular flexibility index (Phi) is 6.32. The molecule has 3 heterocycles. The molecule has 0 saturated carbocycles. The zero-order valence-electron chi connectivity index (χ0n) is 18.8. The fraction of sp³-hybridized carbons (Fsp3) is 0.208. The van der Waals surface area contributed by atoms with E-state index in [-0.39, 0.29) is 17.4 Å². The molecule has 0 unspecified atom stereocenters. The van der Waals surface area contributed by atoms with Crippen LogP contribution in [0.5, 0.6) is 17.4 Å². The van der Waals surface area contributed by atoms with Crippen LogP contribution in [0.25, 0.3) is 10.9 Å². The zero-order chi connectivity index (χ0) is 24.4. The van der Waals surface area contributed by atoms with Crippen molar-refractivity contribution in [1.82, 2.24) is 15.0 Å². The molecule has 2 aromatic heterocycles. The molecule has 178 valence electrons. The lowest BCUT2D eigenvalue weighted by Gasteiger charge is -2.36. The molecule has 1 fully saturated rings. The van der Waals surface area contributed by atoms with Gasteiger partial charge in [0.2, 0.25) is 5.82 Å². The van der Waals surface area contributed by atoms with Crippen LogP contribution in [0.3, 0.4) is 0 Å². The minimum Gasteiger partial charge on any atom is -0.497 e. The normalized spacial score (nSPS) is 13.7. The molecule has 0 atom stereocenters. The minimum atomic E-state index is -0.491. The molecule has 0 N–H and O–H groups in total. The minimum absolute atomic E-state index is 0.119. The monoisotopic (exact) mass is 536 g/mol. The van der Waals surface area contributed by atoms with Crippen LogP contribution < -0.4 is 19.3 Å². The first-order valence-electron chi connectivity index (χ1n) is 10.9. The molecule has 35 heavy (non-hydrogen) atoms. The van der Waals surface area contributed by atoms with Crippen molar-refractivity contribution in [3.05, 3.63) is 75.6 Å². The SMILES string of the molecule is COc1ccc(N2CCN(c3ncnc(Oc4ccc(Br)c5cccnc45)c3[N+](=O)[O-])CC2)cc1. The van der Waals surface area contributed by atoms with E-state index in [0.29, 0.717) is 37.4 Å². The summed E-state index contributed by atoms with van der Waals surface area (Å²) < 4.78 is 12.0. The lowest BCUT2D eigenvalue weighted by Crippen LogP contribution is -2.47. The van der Waals surface area contributed by atoms with Gasteiger partial charge in [0.25, 0.3) is 0 Å². The summed E-state index contributed by atoms with van der Waals surface area (Å²) in [6.07, 6.45) is 2.94. The number of rotatable bonds is 6. The Bertz CT molecular complexity index is 1380. The zero-order valence-corrected chi connectivity index (χ0v) is 20.4. The second kappa shape index (κ2) is 9.71. The van der Waals surface area contributed by atoms with Crippen LogP contribution in [-0.4, -0.2) is 53.2 Å². The van der Waals surface area contributed by atoms with Crippen molar-refractivity contribution in [1.29, 1.82) is 0 Å². The maximum Gasteiger partial charge on any atom is 0.373 e. The van der Waals surface area contributed by atoms with Gasteiger partial charge >= 0.3 is 11.6 Å². The van der Waals surface area contributed by atoms with Crippen molar-refractivity contribution in [2.24, 2.45) is 0 Å². The first-order valence-corrected chi connectivity index (χ1v) is 11.7. The summed E-state index contributed by atoms with van der Waals surface area (Å²) in [5.74, 6) is 1.29. The highest BCUT2D eigenvalue weighted by Gasteiger charge is 2.31. The molecule has 0 bridgehead atoms. The molecule has 10 nitrogen and oxygen atoms in total. The number of benzene rings is 2. The topological polar surface area (TPSA) is 107 Å². The van der Waals surface area contributed by atoms with E-state index in [9.17, 15) is 10.1 Å². The van der Waals surface area contributed by atoms with Crippen molar-refractivity contribution in [2.75, 3.05) is 43.1 Å². The van der Waals surface area contributed by atoms with Crippen molar-refractivity contribution in [2.45, 2.75) is 0 Å². The molecule has 0 aliphatic carbocycles. The predicted molar refractivity (Wildman–Crippen MR) is 136 cm³/mol. The van der Waals surface area contributed by atoms with Crippen LogP contribution in [0.15, 0.2) is 65.5 Å². The quantitative estimate of drug-likeness (QED) is 0.253. The molecule has 2 aromatic carbocycles. The molecule has 0 amide bonds. The second-order valence-electron chi connectivity index (χ2n) is 7.83. The molecule has 0 radical (unpaired) electrons. The van der Waals surface area contributed by atoms with Gasteiger partial charge in [0.15, 0.2) is 5.75 Å². The van der Waals surface area contributed by atoms with E-state index in [4.69, 9.17) is 9.47 Å². The summed E-state index contributed by atoms with van der Waals surface area (Å²) in [7, 11) is 1.64. The van der Waals surface area contributed by atoms with E-state index in [1.165, 1.54) is 6.33 Å². The smallest absolute Gasteiger partial charge is 0.373 e. The number of nitro groups is 1. The number of pyridine rings is 1. The Balaban J connectivity index is 1.41. The van der Waals surface area contributed by atoms with Crippen molar-refractivity contribution < 1.29 is 14.4 Å². The van der Waals surface area contributed by atoms with E-state index in [1.807, 2.05) is 47.4 Å². The number of hydrogen-bond donors (Lipinski definition) is 0. The third-order valence-corrected chi connectivity index (χ3v) is 6.55. The Morgan fingerprint density at radius 3 is 2.43 bits per heavy atom. The van der Waals surface area contributed by atoms with Crippen molar-refractivity contribution >= 4 is 44.0 Å². The standard InChI is InChI=1S/C24H21BrN6O4/c1-34-17-6-4-16(5-7-17)29-11-13-30(14-12-29)23-22(31(32)33)24(28-15-27-23)35-20-9-8-19(25)18-3-2-10-26-21(18)20/h2-10,15H,11-14H2,1H3. The number of halogens is 1. The molecule has 1 saturated heterocycles. The number of nitrogens with zero attached hydrogens (tertiary/aromatic N) is 6. The van der Waals surface area contributed by atoms with Gasteiger partial charge in [0.1, 0.15) is 17.6 Å². The summed E-state index contributed by atoms with van der Waals surface area (Å²) in [4.78, 5) is 28.5. The number of ether oxygens (including phenoxy) is 2. The Morgan fingerprint density at radius 1 is 0.971 bits per heavy atom. The van der Waals surface area contributed by atoms with Gasteiger partial charge in [0.05, 0.1) is 12.0 Å². The highest BCUT2D eigenvalue weighted by molar-refractivity contribution is 9.10. The summed E-state index contributed by atoms with van der Waals surface area (Å²) >= 11 is 3.50. The van der Waals surface area contributed by atoms with Crippen LogP contribution in [0.1, 0.15) is 0 Å². The van der Waals surface area contributed by atoms with Gasteiger partial charge in [-0.15, -0.1) is 0 Å². The molecule has 1 aliphatic rings. The summed E-state index contributed by atoms with van der Waals surface area (Å²) in [6.45, 7) is 2.49. The van der Waals surface area contributed by atoms with Gasteiger partial charge in [-0.2, -0.15) is 4.98 Å². The van der Waals surface area contributed by atoms with Gasteiger partial charge in [-0.05, 0) is 42.5 Å². The summed E-state index contributed by atoms with van der Waals surface area (Å²) in [5.41, 5.74) is 1.38. The molecule has 0 spiro atoms. The van der Waals surface area contributed by atoms with Crippen molar-refractivity contribution in [3.63, 3.8) is 0 Å². The van der Waals surface area contributed by atoms with E-state index in [0.717, 1.165) is 21.3 Å². The second-order valence-corrected chi connectivity index (χ2v) is 8.68. The maximum absolute atomic E-state index is 12.1. The van der Waals surface area contributed by atoms with E-state index in [2.05, 4.69) is 35.8 Å². The van der Waals surface area contributed by atoms with Crippen LogP contribution in [0.2, 0.25) is 0 Å². The van der Waals surface area contributed by atoms with Gasteiger partial charge in [-0.3, -0.25) is 15.1 Å². The fourth-order valence-corrected chi connectivity index (χ4v) is 4.54. The van der Waals surface area contributed by atoms with E-state index >= 15 is 0 Å². The average molecular weight is 537 g/mol. The van der Waals surface area contributed by atoms with Gasteiger partial charge < -0.3 is 19.3 Å². The highest BCUT2D eigenvalue weighted by atomic mass is 79.9. The predicted octanol–water partition coefficient (Wildman–Crippen LogP) is 4.82. The van der Waals surface area contributed by atoms with E-state index in [1.54, 1.807) is 19.4 Å². The van der Waals surface area contributed by atoms with Crippen LogP contribution in [-0.2, 0) is 0 Å². The number of piperazine rings is 1. The fourth-order valence-electron chi connectivity index (χ4n) is 4.09. The van der Waals surface area contributed by atoms with Crippen LogP contribution in [0.4, 0.5) is 17.2 Å². The summed E-state index contributed by atoms with van der Waals surface area (Å²) in [5, 5.41) is 12.9. The first-order chi connectivity index (χ1) is 17.0.